The number of carbonyl (C=O) groups excluding carboxylic acids is 1. The Morgan fingerprint density at radius 1 is 1.32 bits per heavy atom. The summed E-state index contributed by atoms with van der Waals surface area (Å²) in [5, 5.41) is 0.315. The zero-order chi connectivity index (χ0) is 13.8. The molecule has 1 saturated carbocycles. The monoisotopic (exact) mass is 283 g/mol. The number of Topliss-reactive ketones (excluding diaryl/α,β-unsaturated/α-hetero) is 1. The van der Waals surface area contributed by atoms with Crippen molar-refractivity contribution in [3.63, 3.8) is 0 Å². The van der Waals surface area contributed by atoms with Crippen LogP contribution in [0.1, 0.15) is 37.7 Å². The first-order valence-corrected chi connectivity index (χ1v) is 7.18. The predicted molar refractivity (Wildman–Crippen MR) is 74.7 cm³/mol. The molecule has 0 aromatic heterocycles. The first kappa shape index (κ1) is 14.5. The summed E-state index contributed by atoms with van der Waals surface area (Å²) in [6.07, 6.45) is 4.95. The molecular formula is C15H19ClFNO. The predicted octanol–water partition coefficient (Wildman–Crippen LogP) is 3.50. The Labute approximate surface area is 118 Å². The molecule has 0 amide bonds. The van der Waals surface area contributed by atoms with Gasteiger partial charge in [0.1, 0.15) is 11.6 Å². The molecule has 19 heavy (non-hydrogen) atoms. The molecule has 0 spiro atoms. The molecule has 1 aromatic carbocycles. The van der Waals surface area contributed by atoms with Gasteiger partial charge in [-0.05, 0) is 25.0 Å². The molecule has 2 nitrogen and oxygen atoms in total. The highest BCUT2D eigenvalue weighted by Gasteiger charge is 2.27. The van der Waals surface area contributed by atoms with Crippen molar-refractivity contribution >= 4 is 17.4 Å². The SMILES string of the molecule is NC1CCCCCC1C(=O)Cc1c(F)cccc1Cl. The van der Waals surface area contributed by atoms with Crippen LogP contribution in [0.15, 0.2) is 18.2 Å². The van der Waals surface area contributed by atoms with Crippen molar-refractivity contribution in [2.45, 2.75) is 44.6 Å². The van der Waals surface area contributed by atoms with Gasteiger partial charge in [0.2, 0.25) is 0 Å². The van der Waals surface area contributed by atoms with E-state index < -0.39 is 5.82 Å². The average Bonchev–Trinajstić information content (AvgIpc) is 2.58. The number of carbonyl (C=O) groups is 1. The topological polar surface area (TPSA) is 43.1 Å². The summed E-state index contributed by atoms with van der Waals surface area (Å²) >= 11 is 5.96. The highest BCUT2D eigenvalue weighted by molar-refractivity contribution is 6.31. The number of rotatable bonds is 3. The van der Waals surface area contributed by atoms with E-state index in [2.05, 4.69) is 0 Å². The molecule has 104 valence electrons. The van der Waals surface area contributed by atoms with E-state index in [4.69, 9.17) is 17.3 Å². The molecule has 2 rings (SSSR count). The Kier molecular flexibility index (Phi) is 4.94. The van der Waals surface area contributed by atoms with Crippen molar-refractivity contribution in [3.8, 4) is 0 Å². The van der Waals surface area contributed by atoms with Gasteiger partial charge in [0.05, 0.1) is 0 Å². The lowest BCUT2D eigenvalue weighted by molar-refractivity contribution is -0.123. The average molecular weight is 284 g/mol. The molecule has 0 bridgehead atoms. The minimum absolute atomic E-state index is 0.0152. The van der Waals surface area contributed by atoms with Crippen molar-refractivity contribution in [2.75, 3.05) is 0 Å². The van der Waals surface area contributed by atoms with E-state index in [-0.39, 0.29) is 24.2 Å². The maximum Gasteiger partial charge on any atom is 0.142 e. The summed E-state index contributed by atoms with van der Waals surface area (Å²) in [4.78, 5) is 12.3. The molecule has 0 saturated heterocycles. The molecule has 0 heterocycles. The van der Waals surface area contributed by atoms with E-state index in [1.54, 1.807) is 12.1 Å². The molecule has 1 aliphatic rings. The zero-order valence-electron chi connectivity index (χ0n) is 10.9. The van der Waals surface area contributed by atoms with Gasteiger partial charge in [-0.25, -0.2) is 4.39 Å². The number of halogens is 2. The second-order valence-corrected chi connectivity index (χ2v) is 5.66. The van der Waals surface area contributed by atoms with Gasteiger partial charge in [0.15, 0.2) is 0 Å². The minimum atomic E-state index is -0.414. The van der Waals surface area contributed by atoms with E-state index in [0.29, 0.717) is 10.6 Å². The molecule has 2 unspecified atom stereocenters. The minimum Gasteiger partial charge on any atom is -0.327 e. The van der Waals surface area contributed by atoms with Crippen LogP contribution in [0.3, 0.4) is 0 Å². The Morgan fingerprint density at radius 2 is 2.05 bits per heavy atom. The molecule has 4 heteroatoms. The van der Waals surface area contributed by atoms with Gasteiger partial charge < -0.3 is 5.73 Å². The fourth-order valence-corrected chi connectivity index (χ4v) is 2.97. The largest absolute Gasteiger partial charge is 0.327 e. The summed E-state index contributed by atoms with van der Waals surface area (Å²) in [5.74, 6) is -0.553. The van der Waals surface area contributed by atoms with Crippen molar-refractivity contribution in [2.24, 2.45) is 11.7 Å². The number of benzene rings is 1. The number of hydrogen-bond acceptors (Lipinski definition) is 2. The van der Waals surface area contributed by atoms with Crippen LogP contribution in [0, 0.1) is 11.7 Å². The van der Waals surface area contributed by atoms with Crippen LogP contribution in [0.5, 0.6) is 0 Å². The first-order valence-electron chi connectivity index (χ1n) is 6.81. The van der Waals surface area contributed by atoms with E-state index >= 15 is 0 Å². The third-order valence-electron chi connectivity index (χ3n) is 3.90. The lowest BCUT2D eigenvalue weighted by Crippen LogP contribution is -2.35. The van der Waals surface area contributed by atoms with Gasteiger partial charge in [-0.3, -0.25) is 4.79 Å². The van der Waals surface area contributed by atoms with Gasteiger partial charge in [0, 0.05) is 29.0 Å². The van der Waals surface area contributed by atoms with Crippen molar-refractivity contribution in [1.82, 2.24) is 0 Å². The number of ketones is 1. The Hall–Kier alpha value is -0.930. The Bertz CT molecular complexity index is 443. The third kappa shape index (κ3) is 3.54. The van der Waals surface area contributed by atoms with Crippen LogP contribution in [0.25, 0.3) is 0 Å². The van der Waals surface area contributed by atoms with E-state index in [0.717, 1.165) is 32.1 Å². The fourth-order valence-electron chi connectivity index (χ4n) is 2.74. The standard InChI is InChI=1S/C15H19ClFNO/c16-12-6-4-7-13(17)11(12)9-15(19)10-5-2-1-3-8-14(10)18/h4,6-7,10,14H,1-3,5,8-9,18H2. The maximum absolute atomic E-state index is 13.7. The summed E-state index contributed by atoms with van der Waals surface area (Å²) in [7, 11) is 0. The molecule has 2 atom stereocenters. The third-order valence-corrected chi connectivity index (χ3v) is 4.25. The molecule has 0 radical (unpaired) electrons. The highest BCUT2D eigenvalue weighted by atomic mass is 35.5. The normalized spacial score (nSPS) is 23.9. The summed E-state index contributed by atoms with van der Waals surface area (Å²) in [6.45, 7) is 0. The van der Waals surface area contributed by atoms with Crippen LogP contribution >= 0.6 is 11.6 Å². The Balaban J connectivity index is 2.11. The number of hydrogen-bond donors (Lipinski definition) is 1. The lowest BCUT2D eigenvalue weighted by atomic mass is 9.88. The van der Waals surface area contributed by atoms with Crippen LogP contribution in [-0.4, -0.2) is 11.8 Å². The molecule has 2 N–H and O–H groups in total. The van der Waals surface area contributed by atoms with Gasteiger partial charge in [-0.15, -0.1) is 0 Å². The quantitative estimate of drug-likeness (QED) is 0.863. The lowest BCUT2D eigenvalue weighted by Gasteiger charge is -2.20. The number of nitrogens with two attached hydrogens (primary N) is 1. The summed E-state index contributed by atoms with van der Waals surface area (Å²) in [6, 6.07) is 4.39. The second kappa shape index (κ2) is 6.49. The van der Waals surface area contributed by atoms with E-state index in [1.165, 1.54) is 6.07 Å². The molecule has 1 fully saturated rings. The van der Waals surface area contributed by atoms with Crippen molar-refractivity contribution in [1.29, 1.82) is 0 Å². The Morgan fingerprint density at radius 3 is 2.79 bits per heavy atom. The zero-order valence-corrected chi connectivity index (χ0v) is 11.6. The van der Waals surface area contributed by atoms with Crippen LogP contribution in [0.2, 0.25) is 5.02 Å². The maximum atomic E-state index is 13.7. The summed E-state index contributed by atoms with van der Waals surface area (Å²) in [5.41, 5.74) is 6.36. The highest BCUT2D eigenvalue weighted by Crippen LogP contribution is 2.26. The first-order chi connectivity index (χ1) is 9.09. The summed E-state index contributed by atoms with van der Waals surface area (Å²) < 4.78 is 13.7. The van der Waals surface area contributed by atoms with Crippen LogP contribution < -0.4 is 5.73 Å². The van der Waals surface area contributed by atoms with E-state index in [9.17, 15) is 9.18 Å². The van der Waals surface area contributed by atoms with Gasteiger partial charge in [-0.2, -0.15) is 0 Å². The fraction of sp³-hybridized carbons (Fsp3) is 0.533. The smallest absolute Gasteiger partial charge is 0.142 e. The van der Waals surface area contributed by atoms with Gasteiger partial charge in [0.25, 0.3) is 0 Å². The molecule has 1 aliphatic carbocycles. The van der Waals surface area contributed by atoms with Gasteiger partial charge >= 0.3 is 0 Å². The van der Waals surface area contributed by atoms with Crippen molar-refractivity contribution < 1.29 is 9.18 Å². The van der Waals surface area contributed by atoms with E-state index in [1.807, 2.05) is 0 Å². The molecular weight excluding hydrogens is 265 g/mol. The van der Waals surface area contributed by atoms with Crippen LogP contribution in [0.4, 0.5) is 4.39 Å². The second-order valence-electron chi connectivity index (χ2n) is 5.25. The molecule has 1 aromatic rings. The van der Waals surface area contributed by atoms with Gasteiger partial charge in [-0.1, -0.05) is 36.9 Å². The molecule has 0 aliphatic heterocycles. The van der Waals surface area contributed by atoms with Crippen molar-refractivity contribution in [3.05, 3.63) is 34.6 Å². The van der Waals surface area contributed by atoms with Crippen LogP contribution in [-0.2, 0) is 11.2 Å².